The van der Waals surface area contributed by atoms with Gasteiger partial charge in [0.1, 0.15) is 11.9 Å². The predicted molar refractivity (Wildman–Crippen MR) is 93.6 cm³/mol. The highest BCUT2D eigenvalue weighted by Gasteiger charge is 2.38. The van der Waals surface area contributed by atoms with E-state index < -0.39 is 6.04 Å². The molecule has 0 aromatic heterocycles. The SMILES string of the molecule is CCC(Cc1ccc(F)cc1)NC(=O)NC1CCN(C2CCC2)C1=O. The Kier molecular flexibility index (Phi) is 5.56. The molecule has 6 heteroatoms. The van der Waals surface area contributed by atoms with Gasteiger partial charge in [0.15, 0.2) is 0 Å². The molecule has 1 heterocycles. The van der Waals surface area contributed by atoms with Crippen LogP contribution in [0, 0.1) is 5.82 Å². The van der Waals surface area contributed by atoms with Gasteiger partial charge < -0.3 is 15.5 Å². The van der Waals surface area contributed by atoms with Crippen LogP contribution in [-0.4, -0.2) is 41.5 Å². The van der Waals surface area contributed by atoms with E-state index in [0.29, 0.717) is 18.9 Å². The highest BCUT2D eigenvalue weighted by molar-refractivity contribution is 5.89. The van der Waals surface area contributed by atoms with E-state index in [2.05, 4.69) is 10.6 Å². The fraction of sp³-hybridized carbons (Fsp3) is 0.579. The van der Waals surface area contributed by atoms with Gasteiger partial charge in [0.2, 0.25) is 5.91 Å². The standard InChI is InChI=1S/C19H26FN3O2/c1-2-15(12-13-6-8-14(20)9-7-13)21-19(25)22-17-10-11-23(18(17)24)16-4-3-5-16/h6-9,15-17H,2-5,10-12H2,1H3,(H2,21,22,25). The number of rotatable bonds is 6. The monoisotopic (exact) mass is 347 g/mol. The first-order valence-corrected chi connectivity index (χ1v) is 9.18. The minimum atomic E-state index is -0.413. The number of urea groups is 1. The van der Waals surface area contributed by atoms with E-state index in [4.69, 9.17) is 0 Å². The molecule has 5 nitrogen and oxygen atoms in total. The van der Waals surface area contributed by atoms with Crippen LogP contribution in [0.4, 0.5) is 9.18 Å². The summed E-state index contributed by atoms with van der Waals surface area (Å²) in [5, 5.41) is 5.75. The second-order valence-corrected chi connectivity index (χ2v) is 7.01. The number of nitrogens with one attached hydrogen (secondary N) is 2. The van der Waals surface area contributed by atoms with Crippen molar-refractivity contribution < 1.29 is 14.0 Å². The molecule has 1 aliphatic heterocycles. The Labute approximate surface area is 148 Å². The van der Waals surface area contributed by atoms with Crippen molar-refractivity contribution in [3.8, 4) is 0 Å². The number of nitrogens with zero attached hydrogens (tertiary/aromatic N) is 1. The van der Waals surface area contributed by atoms with Crippen LogP contribution in [0.3, 0.4) is 0 Å². The van der Waals surface area contributed by atoms with Crippen molar-refractivity contribution in [3.63, 3.8) is 0 Å². The Morgan fingerprint density at radius 3 is 2.60 bits per heavy atom. The van der Waals surface area contributed by atoms with Gasteiger partial charge in [-0.3, -0.25) is 4.79 Å². The highest BCUT2D eigenvalue weighted by Crippen LogP contribution is 2.28. The van der Waals surface area contributed by atoms with Gasteiger partial charge in [0.25, 0.3) is 0 Å². The molecular weight excluding hydrogens is 321 g/mol. The molecule has 3 amide bonds. The Morgan fingerprint density at radius 1 is 1.28 bits per heavy atom. The normalized spacial score (nSPS) is 21.8. The molecule has 2 unspecified atom stereocenters. The van der Waals surface area contributed by atoms with E-state index in [0.717, 1.165) is 31.4 Å². The molecule has 2 N–H and O–H groups in total. The second-order valence-electron chi connectivity index (χ2n) is 7.01. The fourth-order valence-electron chi connectivity index (χ4n) is 3.48. The summed E-state index contributed by atoms with van der Waals surface area (Å²) in [5.41, 5.74) is 0.974. The summed E-state index contributed by atoms with van der Waals surface area (Å²) in [4.78, 5) is 26.6. The van der Waals surface area contributed by atoms with E-state index in [1.807, 2.05) is 11.8 Å². The molecule has 0 spiro atoms. The maximum absolute atomic E-state index is 13.0. The zero-order valence-corrected chi connectivity index (χ0v) is 14.6. The molecule has 0 radical (unpaired) electrons. The van der Waals surface area contributed by atoms with Crippen LogP contribution in [0.15, 0.2) is 24.3 Å². The van der Waals surface area contributed by atoms with Gasteiger partial charge in [0.05, 0.1) is 0 Å². The molecule has 136 valence electrons. The summed E-state index contributed by atoms with van der Waals surface area (Å²) in [6.45, 7) is 2.73. The first-order valence-electron chi connectivity index (χ1n) is 9.18. The zero-order chi connectivity index (χ0) is 17.8. The van der Waals surface area contributed by atoms with Gasteiger partial charge in [0, 0.05) is 18.6 Å². The van der Waals surface area contributed by atoms with Crippen LogP contribution in [-0.2, 0) is 11.2 Å². The number of halogens is 1. The van der Waals surface area contributed by atoms with Crippen molar-refractivity contribution in [3.05, 3.63) is 35.6 Å². The number of hydrogen-bond donors (Lipinski definition) is 2. The maximum atomic E-state index is 13.0. The molecule has 25 heavy (non-hydrogen) atoms. The first-order chi connectivity index (χ1) is 12.1. The van der Waals surface area contributed by atoms with Gasteiger partial charge in [-0.15, -0.1) is 0 Å². The zero-order valence-electron chi connectivity index (χ0n) is 14.6. The largest absolute Gasteiger partial charge is 0.338 e. The van der Waals surface area contributed by atoms with Gasteiger partial charge in [-0.25, -0.2) is 9.18 Å². The number of carbonyl (C=O) groups is 2. The summed E-state index contributed by atoms with van der Waals surface area (Å²) in [6.07, 6.45) is 5.43. The van der Waals surface area contributed by atoms with E-state index in [-0.39, 0.29) is 23.8 Å². The van der Waals surface area contributed by atoms with Crippen LogP contribution >= 0.6 is 0 Å². The minimum Gasteiger partial charge on any atom is -0.338 e. The quantitative estimate of drug-likeness (QED) is 0.831. The average molecular weight is 347 g/mol. The average Bonchev–Trinajstić information content (AvgIpc) is 2.88. The van der Waals surface area contributed by atoms with Crippen LogP contribution in [0.2, 0.25) is 0 Å². The summed E-state index contributed by atoms with van der Waals surface area (Å²) in [7, 11) is 0. The predicted octanol–water partition coefficient (Wildman–Crippen LogP) is 2.60. The number of amides is 3. The first kappa shape index (κ1) is 17.7. The van der Waals surface area contributed by atoms with Gasteiger partial charge in [-0.1, -0.05) is 19.1 Å². The second kappa shape index (κ2) is 7.85. The van der Waals surface area contributed by atoms with Crippen molar-refractivity contribution >= 4 is 11.9 Å². The Hall–Kier alpha value is -2.11. The third-order valence-corrected chi connectivity index (χ3v) is 5.28. The molecule has 1 saturated carbocycles. The van der Waals surface area contributed by atoms with E-state index in [9.17, 15) is 14.0 Å². The number of hydrogen-bond acceptors (Lipinski definition) is 2. The van der Waals surface area contributed by atoms with Crippen molar-refractivity contribution in [1.82, 2.24) is 15.5 Å². The lowest BCUT2D eigenvalue weighted by Gasteiger charge is -2.34. The molecule has 1 saturated heterocycles. The van der Waals surface area contributed by atoms with Gasteiger partial charge in [-0.2, -0.15) is 0 Å². The van der Waals surface area contributed by atoms with Crippen LogP contribution in [0.25, 0.3) is 0 Å². The summed E-state index contributed by atoms with van der Waals surface area (Å²) < 4.78 is 13.0. The van der Waals surface area contributed by atoms with Gasteiger partial charge >= 0.3 is 6.03 Å². The Bertz CT molecular complexity index is 616. The minimum absolute atomic E-state index is 0.0476. The lowest BCUT2D eigenvalue weighted by molar-refractivity contribution is -0.132. The number of benzene rings is 1. The summed E-state index contributed by atoms with van der Waals surface area (Å²) >= 11 is 0. The lowest BCUT2D eigenvalue weighted by Crippen LogP contribution is -2.51. The smallest absolute Gasteiger partial charge is 0.315 e. The number of carbonyl (C=O) groups excluding carboxylic acids is 2. The van der Waals surface area contributed by atoms with Crippen molar-refractivity contribution in [2.24, 2.45) is 0 Å². The highest BCUT2D eigenvalue weighted by atomic mass is 19.1. The molecule has 3 rings (SSSR count). The van der Waals surface area contributed by atoms with Crippen LogP contribution in [0.5, 0.6) is 0 Å². The fourth-order valence-corrected chi connectivity index (χ4v) is 3.48. The molecule has 2 atom stereocenters. The third-order valence-electron chi connectivity index (χ3n) is 5.28. The molecule has 2 aliphatic rings. The topological polar surface area (TPSA) is 61.4 Å². The van der Waals surface area contributed by atoms with Crippen molar-refractivity contribution in [1.29, 1.82) is 0 Å². The molecule has 1 aromatic rings. The molecule has 1 aromatic carbocycles. The van der Waals surface area contributed by atoms with Crippen molar-refractivity contribution in [2.45, 2.75) is 63.6 Å². The summed E-state index contributed by atoms with van der Waals surface area (Å²) in [6, 6.07) is 5.92. The Balaban J connectivity index is 1.48. The van der Waals surface area contributed by atoms with E-state index >= 15 is 0 Å². The maximum Gasteiger partial charge on any atom is 0.315 e. The van der Waals surface area contributed by atoms with Crippen LogP contribution in [0.1, 0.15) is 44.6 Å². The molecule has 1 aliphatic carbocycles. The molecular formula is C19H26FN3O2. The van der Waals surface area contributed by atoms with E-state index in [1.54, 1.807) is 12.1 Å². The Morgan fingerprint density at radius 2 is 2.00 bits per heavy atom. The van der Waals surface area contributed by atoms with E-state index in [1.165, 1.54) is 18.6 Å². The van der Waals surface area contributed by atoms with Gasteiger partial charge in [-0.05, 0) is 56.2 Å². The van der Waals surface area contributed by atoms with Crippen molar-refractivity contribution in [2.75, 3.05) is 6.54 Å². The lowest BCUT2D eigenvalue weighted by atomic mass is 9.92. The van der Waals surface area contributed by atoms with Crippen LogP contribution < -0.4 is 10.6 Å². The molecule has 0 bridgehead atoms. The summed E-state index contributed by atoms with van der Waals surface area (Å²) in [5.74, 6) is -0.218. The third kappa shape index (κ3) is 4.30. The molecule has 2 fully saturated rings. The number of likely N-dealkylation sites (tertiary alicyclic amines) is 1.